The Hall–Kier alpha value is -1.38. The Morgan fingerprint density at radius 2 is 1.75 bits per heavy atom. The molecule has 2 aromatic carbocycles. The molecule has 0 aromatic heterocycles. The molecule has 2 heteroatoms. The fraction of sp³-hybridized carbons (Fsp3) is 0.286. The van der Waals surface area contributed by atoms with Crippen molar-refractivity contribution in [1.82, 2.24) is 10.6 Å². The summed E-state index contributed by atoms with van der Waals surface area (Å²) in [6.07, 6.45) is 0. The minimum Gasteiger partial charge on any atom is -0.318 e. The molecule has 0 unspecified atom stereocenters. The SMILES string of the molecule is CNCCNCc1cccc2ccccc12. The number of hydrogen-bond donors (Lipinski definition) is 2. The van der Waals surface area contributed by atoms with Crippen LogP contribution in [0.15, 0.2) is 42.5 Å². The van der Waals surface area contributed by atoms with Gasteiger partial charge in [-0.3, -0.25) is 0 Å². The number of nitrogens with one attached hydrogen (secondary N) is 2. The molecule has 2 nitrogen and oxygen atoms in total. The van der Waals surface area contributed by atoms with Gasteiger partial charge in [-0.25, -0.2) is 0 Å². The highest BCUT2D eigenvalue weighted by molar-refractivity contribution is 5.85. The van der Waals surface area contributed by atoms with Crippen LogP contribution >= 0.6 is 0 Å². The van der Waals surface area contributed by atoms with Crippen LogP contribution in [0.3, 0.4) is 0 Å². The first-order chi connectivity index (χ1) is 7.92. The van der Waals surface area contributed by atoms with E-state index in [1.165, 1.54) is 16.3 Å². The van der Waals surface area contributed by atoms with Gasteiger partial charge in [0.25, 0.3) is 0 Å². The first-order valence-electron chi connectivity index (χ1n) is 5.74. The van der Waals surface area contributed by atoms with E-state index in [0.29, 0.717) is 0 Å². The third kappa shape index (κ3) is 2.60. The summed E-state index contributed by atoms with van der Waals surface area (Å²) in [6, 6.07) is 15.0. The van der Waals surface area contributed by atoms with Gasteiger partial charge in [0.15, 0.2) is 0 Å². The Balaban J connectivity index is 2.11. The maximum Gasteiger partial charge on any atom is 0.0212 e. The predicted molar refractivity (Wildman–Crippen MR) is 69.6 cm³/mol. The molecule has 2 rings (SSSR count). The second-order valence-corrected chi connectivity index (χ2v) is 3.92. The van der Waals surface area contributed by atoms with Gasteiger partial charge < -0.3 is 10.6 Å². The minimum atomic E-state index is 0.934. The lowest BCUT2D eigenvalue weighted by Crippen LogP contribution is -2.24. The largest absolute Gasteiger partial charge is 0.318 e. The Bertz CT molecular complexity index is 446. The summed E-state index contributed by atoms with van der Waals surface area (Å²) in [5, 5.41) is 9.23. The number of fused-ring (bicyclic) bond motifs is 1. The van der Waals surface area contributed by atoms with Gasteiger partial charge in [-0.15, -0.1) is 0 Å². The Labute approximate surface area is 96.7 Å². The molecule has 16 heavy (non-hydrogen) atoms. The van der Waals surface area contributed by atoms with Crippen molar-refractivity contribution >= 4 is 10.8 Å². The van der Waals surface area contributed by atoms with E-state index in [0.717, 1.165) is 19.6 Å². The maximum absolute atomic E-state index is 3.43. The maximum atomic E-state index is 3.43. The van der Waals surface area contributed by atoms with Crippen molar-refractivity contribution in [2.45, 2.75) is 6.54 Å². The summed E-state index contributed by atoms with van der Waals surface area (Å²) < 4.78 is 0. The highest BCUT2D eigenvalue weighted by Gasteiger charge is 1.98. The molecule has 2 aromatic rings. The quantitative estimate of drug-likeness (QED) is 0.745. The fourth-order valence-corrected chi connectivity index (χ4v) is 1.88. The van der Waals surface area contributed by atoms with Gasteiger partial charge in [0, 0.05) is 19.6 Å². The molecule has 0 aliphatic rings. The van der Waals surface area contributed by atoms with Crippen molar-refractivity contribution < 1.29 is 0 Å². The summed E-state index contributed by atoms with van der Waals surface area (Å²) in [4.78, 5) is 0. The molecule has 0 heterocycles. The molecule has 0 spiro atoms. The summed E-state index contributed by atoms with van der Waals surface area (Å²) in [5.74, 6) is 0. The van der Waals surface area contributed by atoms with Crippen LogP contribution in [0, 0.1) is 0 Å². The third-order valence-corrected chi connectivity index (χ3v) is 2.75. The molecular weight excluding hydrogens is 196 g/mol. The standard InChI is InChI=1S/C14H18N2/c1-15-9-10-16-11-13-7-4-6-12-5-2-3-8-14(12)13/h2-8,15-16H,9-11H2,1H3. The average molecular weight is 214 g/mol. The second-order valence-electron chi connectivity index (χ2n) is 3.92. The molecule has 0 atom stereocenters. The molecule has 0 radical (unpaired) electrons. The zero-order chi connectivity index (χ0) is 11.2. The zero-order valence-electron chi connectivity index (χ0n) is 9.66. The Morgan fingerprint density at radius 3 is 2.62 bits per heavy atom. The number of benzene rings is 2. The molecule has 0 fully saturated rings. The van der Waals surface area contributed by atoms with Crippen LogP contribution < -0.4 is 10.6 Å². The van der Waals surface area contributed by atoms with Crippen molar-refractivity contribution in [1.29, 1.82) is 0 Å². The van der Waals surface area contributed by atoms with E-state index in [1.807, 2.05) is 7.05 Å². The normalized spacial score (nSPS) is 10.8. The molecule has 0 saturated carbocycles. The van der Waals surface area contributed by atoms with Gasteiger partial charge in [-0.2, -0.15) is 0 Å². The average Bonchev–Trinajstić information content (AvgIpc) is 2.35. The molecule has 0 aliphatic heterocycles. The van der Waals surface area contributed by atoms with E-state index in [9.17, 15) is 0 Å². The van der Waals surface area contributed by atoms with E-state index >= 15 is 0 Å². The van der Waals surface area contributed by atoms with Crippen LogP contribution in [0.5, 0.6) is 0 Å². The van der Waals surface area contributed by atoms with Crippen LogP contribution in [0.1, 0.15) is 5.56 Å². The van der Waals surface area contributed by atoms with Crippen molar-refractivity contribution in [2.75, 3.05) is 20.1 Å². The van der Waals surface area contributed by atoms with E-state index in [2.05, 4.69) is 53.1 Å². The van der Waals surface area contributed by atoms with Crippen LogP contribution in [-0.4, -0.2) is 20.1 Å². The Morgan fingerprint density at radius 1 is 0.938 bits per heavy atom. The lowest BCUT2D eigenvalue weighted by molar-refractivity contribution is 0.652. The van der Waals surface area contributed by atoms with Crippen molar-refractivity contribution in [3.63, 3.8) is 0 Å². The molecule has 0 amide bonds. The van der Waals surface area contributed by atoms with E-state index < -0.39 is 0 Å². The molecule has 2 N–H and O–H groups in total. The zero-order valence-corrected chi connectivity index (χ0v) is 9.66. The fourth-order valence-electron chi connectivity index (χ4n) is 1.88. The molecular formula is C14H18N2. The van der Waals surface area contributed by atoms with E-state index in [1.54, 1.807) is 0 Å². The highest BCUT2D eigenvalue weighted by atomic mass is 14.9. The van der Waals surface area contributed by atoms with Crippen LogP contribution in [0.2, 0.25) is 0 Å². The van der Waals surface area contributed by atoms with Crippen LogP contribution in [0.4, 0.5) is 0 Å². The number of likely N-dealkylation sites (N-methyl/N-ethyl adjacent to an activating group) is 1. The second kappa shape index (κ2) is 5.64. The lowest BCUT2D eigenvalue weighted by Gasteiger charge is -2.07. The van der Waals surface area contributed by atoms with Crippen LogP contribution in [0.25, 0.3) is 10.8 Å². The number of rotatable bonds is 5. The Kier molecular flexibility index (Phi) is 3.91. The lowest BCUT2D eigenvalue weighted by atomic mass is 10.0. The monoisotopic (exact) mass is 214 g/mol. The van der Waals surface area contributed by atoms with Gasteiger partial charge in [-0.05, 0) is 23.4 Å². The topological polar surface area (TPSA) is 24.1 Å². The van der Waals surface area contributed by atoms with Gasteiger partial charge in [0.2, 0.25) is 0 Å². The van der Waals surface area contributed by atoms with Crippen molar-refractivity contribution in [3.8, 4) is 0 Å². The smallest absolute Gasteiger partial charge is 0.0212 e. The summed E-state index contributed by atoms with van der Waals surface area (Å²) in [5.41, 5.74) is 1.37. The summed E-state index contributed by atoms with van der Waals surface area (Å²) >= 11 is 0. The van der Waals surface area contributed by atoms with Gasteiger partial charge in [-0.1, -0.05) is 42.5 Å². The van der Waals surface area contributed by atoms with Crippen LogP contribution in [-0.2, 0) is 6.54 Å². The highest BCUT2D eigenvalue weighted by Crippen LogP contribution is 2.17. The summed E-state index contributed by atoms with van der Waals surface area (Å²) in [6.45, 7) is 2.94. The van der Waals surface area contributed by atoms with Crippen molar-refractivity contribution in [2.24, 2.45) is 0 Å². The molecule has 0 saturated heterocycles. The van der Waals surface area contributed by atoms with E-state index in [-0.39, 0.29) is 0 Å². The van der Waals surface area contributed by atoms with Gasteiger partial charge >= 0.3 is 0 Å². The first-order valence-corrected chi connectivity index (χ1v) is 5.74. The minimum absolute atomic E-state index is 0.934. The van der Waals surface area contributed by atoms with Gasteiger partial charge in [0.1, 0.15) is 0 Å². The number of hydrogen-bond acceptors (Lipinski definition) is 2. The molecule has 0 aliphatic carbocycles. The van der Waals surface area contributed by atoms with Gasteiger partial charge in [0.05, 0.1) is 0 Å². The molecule has 84 valence electrons. The molecule has 0 bridgehead atoms. The van der Waals surface area contributed by atoms with Crippen molar-refractivity contribution in [3.05, 3.63) is 48.0 Å². The third-order valence-electron chi connectivity index (χ3n) is 2.75. The summed E-state index contributed by atoms with van der Waals surface area (Å²) in [7, 11) is 1.97. The van der Waals surface area contributed by atoms with E-state index in [4.69, 9.17) is 0 Å². The first kappa shape index (κ1) is 11.1. The predicted octanol–water partition coefficient (Wildman–Crippen LogP) is 2.15.